The summed E-state index contributed by atoms with van der Waals surface area (Å²) in [6, 6.07) is 11.7. The molecule has 0 aliphatic heterocycles. The summed E-state index contributed by atoms with van der Waals surface area (Å²) in [6.45, 7) is 2.13. The monoisotopic (exact) mass is 364 g/mol. The van der Waals surface area contributed by atoms with Crippen molar-refractivity contribution in [1.29, 1.82) is 0 Å². The number of carbonyl (C=O) groups is 1. The predicted octanol–water partition coefficient (Wildman–Crippen LogP) is 2.43. The first-order valence-corrected chi connectivity index (χ1v) is 8.47. The highest BCUT2D eigenvalue weighted by molar-refractivity contribution is 5.81. The Bertz CT molecular complexity index is 1100. The molecule has 0 atom stereocenters. The average Bonchev–Trinajstić information content (AvgIpc) is 3.25. The molecule has 136 valence electrons. The summed E-state index contributed by atoms with van der Waals surface area (Å²) in [7, 11) is 0. The summed E-state index contributed by atoms with van der Waals surface area (Å²) < 4.78 is 15.0. The summed E-state index contributed by atoms with van der Waals surface area (Å²) >= 11 is 0. The smallest absolute Gasteiger partial charge is 0.224 e. The van der Waals surface area contributed by atoms with Crippen LogP contribution >= 0.6 is 0 Å². The van der Waals surface area contributed by atoms with Crippen molar-refractivity contribution >= 4 is 11.6 Å². The Labute approximate surface area is 154 Å². The Morgan fingerprint density at radius 2 is 2.00 bits per heavy atom. The van der Waals surface area contributed by atoms with Gasteiger partial charge in [-0.25, -0.2) is 4.39 Å². The van der Waals surface area contributed by atoms with Crippen LogP contribution in [0.15, 0.2) is 48.7 Å². The summed E-state index contributed by atoms with van der Waals surface area (Å²) in [5.74, 6) is 0.183. The van der Waals surface area contributed by atoms with Crippen LogP contribution in [0.2, 0.25) is 0 Å². The zero-order valence-corrected chi connectivity index (χ0v) is 14.6. The number of aromatic amines is 1. The van der Waals surface area contributed by atoms with Crippen LogP contribution in [0.1, 0.15) is 17.1 Å². The lowest BCUT2D eigenvalue weighted by atomic mass is 10.0. The van der Waals surface area contributed by atoms with Crippen molar-refractivity contribution < 1.29 is 9.18 Å². The second kappa shape index (κ2) is 6.99. The van der Waals surface area contributed by atoms with E-state index in [4.69, 9.17) is 0 Å². The molecular weight excluding hydrogens is 347 g/mol. The molecule has 7 nitrogen and oxygen atoms in total. The van der Waals surface area contributed by atoms with Gasteiger partial charge in [0.2, 0.25) is 5.91 Å². The van der Waals surface area contributed by atoms with E-state index in [1.54, 1.807) is 12.1 Å². The molecule has 1 aromatic carbocycles. The van der Waals surface area contributed by atoms with Crippen molar-refractivity contribution in [3.63, 3.8) is 0 Å². The van der Waals surface area contributed by atoms with Gasteiger partial charge in [0, 0.05) is 23.0 Å². The average molecular weight is 364 g/mol. The Morgan fingerprint density at radius 1 is 1.19 bits per heavy atom. The van der Waals surface area contributed by atoms with Gasteiger partial charge in [-0.15, -0.1) is 10.2 Å². The van der Waals surface area contributed by atoms with Gasteiger partial charge in [0.1, 0.15) is 5.82 Å². The number of fused-ring (bicyclic) bond motifs is 1. The quantitative estimate of drug-likeness (QED) is 0.569. The lowest BCUT2D eigenvalue weighted by Gasteiger charge is -2.06. The van der Waals surface area contributed by atoms with Crippen LogP contribution in [0.4, 0.5) is 4.39 Å². The molecular formula is C19H17FN6O. The minimum Gasteiger partial charge on any atom is -0.348 e. The number of aromatic nitrogens is 5. The molecule has 0 saturated heterocycles. The number of H-pyrrole nitrogens is 1. The summed E-state index contributed by atoms with van der Waals surface area (Å²) in [5.41, 5.74) is 3.72. The standard InChI is InChI=1S/C19H17FN6O/c1-12-15(19(25-22-12)13-5-7-14(20)8-6-13)10-18(27)21-11-17-24-23-16-4-2-3-9-26(16)17/h2-9H,10-11H2,1H3,(H,21,27)(H,22,25). The number of hydrogen-bond donors (Lipinski definition) is 2. The van der Waals surface area contributed by atoms with Crippen molar-refractivity contribution in [1.82, 2.24) is 30.1 Å². The third-order valence-corrected chi connectivity index (χ3v) is 4.36. The maximum absolute atomic E-state index is 13.2. The van der Waals surface area contributed by atoms with Gasteiger partial charge in [-0.2, -0.15) is 5.10 Å². The van der Waals surface area contributed by atoms with Crippen LogP contribution in [0.3, 0.4) is 0 Å². The fraction of sp³-hybridized carbons (Fsp3) is 0.158. The van der Waals surface area contributed by atoms with Crippen molar-refractivity contribution in [3.8, 4) is 11.3 Å². The van der Waals surface area contributed by atoms with Crippen molar-refractivity contribution in [2.45, 2.75) is 19.9 Å². The summed E-state index contributed by atoms with van der Waals surface area (Å²) in [4.78, 5) is 12.5. The highest BCUT2D eigenvalue weighted by atomic mass is 19.1. The molecule has 0 radical (unpaired) electrons. The molecule has 4 rings (SSSR count). The second-order valence-corrected chi connectivity index (χ2v) is 6.18. The SMILES string of the molecule is Cc1[nH]nc(-c2ccc(F)cc2)c1CC(=O)NCc1nnc2ccccn12. The number of hydrogen-bond acceptors (Lipinski definition) is 4. The summed E-state index contributed by atoms with van der Waals surface area (Å²) in [6.07, 6.45) is 2.01. The minimum absolute atomic E-state index is 0.157. The van der Waals surface area contributed by atoms with Crippen LogP contribution in [-0.4, -0.2) is 30.7 Å². The van der Waals surface area contributed by atoms with Crippen molar-refractivity contribution in [2.75, 3.05) is 0 Å². The Hall–Kier alpha value is -3.55. The van der Waals surface area contributed by atoms with Gasteiger partial charge in [-0.3, -0.25) is 14.3 Å². The molecule has 0 aliphatic carbocycles. The molecule has 0 aliphatic rings. The first kappa shape index (κ1) is 16.9. The van der Waals surface area contributed by atoms with Gasteiger partial charge in [0.05, 0.1) is 18.7 Å². The maximum Gasteiger partial charge on any atom is 0.224 e. The van der Waals surface area contributed by atoms with Crippen LogP contribution in [0.25, 0.3) is 16.9 Å². The Morgan fingerprint density at radius 3 is 2.81 bits per heavy atom. The van der Waals surface area contributed by atoms with E-state index in [2.05, 4.69) is 25.7 Å². The first-order chi connectivity index (χ1) is 13.1. The normalized spacial score (nSPS) is 11.0. The molecule has 27 heavy (non-hydrogen) atoms. The van der Waals surface area contributed by atoms with Crippen LogP contribution in [0.5, 0.6) is 0 Å². The Kier molecular flexibility index (Phi) is 4.37. The lowest BCUT2D eigenvalue weighted by molar-refractivity contribution is -0.120. The number of rotatable bonds is 5. The molecule has 8 heteroatoms. The zero-order valence-electron chi connectivity index (χ0n) is 14.6. The fourth-order valence-electron chi connectivity index (χ4n) is 2.93. The molecule has 3 aromatic heterocycles. The topological polar surface area (TPSA) is 88.0 Å². The van der Waals surface area contributed by atoms with Crippen molar-refractivity contribution in [2.24, 2.45) is 0 Å². The highest BCUT2D eigenvalue weighted by Gasteiger charge is 2.16. The van der Waals surface area contributed by atoms with Gasteiger partial charge in [0.15, 0.2) is 11.5 Å². The molecule has 1 amide bonds. The first-order valence-electron chi connectivity index (χ1n) is 8.47. The van der Waals surface area contributed by atoms with Gasteiger partial charge in [-0.1, -0.05) is 6.07 Å². The number of aryl methyl sites for hydroxylation is 1. The van der Waals surface area contributed by atoms with Crippen LogP contribution in [0, 0.1) is 12.7 Å². The minimum atomic E-state index is -0.314. The molecule has 0 spiro atoms. The number of nitrogens with zero attached hydrogens (tertiary/aromatic N) is 4. The van der Waals surface area contributed by atoms with Gasteiger partial charge >= 0.3 is 0 Å². The third-order valence-electron chi connectivity index (χ3n) is 4.36. The zero-order chi connectivity index (χ0) is 18.8. The maximum atomic E-state index is 13.2. The molecule has 2 N–H and O–H groups in total. The lowest BCUT2D eigenvalue weighted by Crippen LogP contribution is -2.26. The predicted molar refractivity (Wildman–Crippen MR) is 97.3 cm³/mol. The van der Waals surface area contributed by atoms with Gasteiger partial charge in [-0.05, 0) is 43.3 Å². The van der Waals surface area contributed by atoms with Crippen LogP contribution in [-0.2, 0) is 17.8 Å². The van der Waals surface area contributed by atoms with Gasteiger partial charge in [0.25, 0.3) is 0 Å². The highest BCUT2D eigenvalue weighted by Crippen LogP contribution is 2.24. The number of halogens is 1. The fourth-order valence-corrected chi connectivity index (χ4v) is 2.93. The number of carbonyl (C=O) groups excluding carboxylic acids is 1. The van der Waals surface area contributed by atoms with E-state index >= 15 is 0 Å². The van der Waals surface area contributed by atoms with E-state index in [1.165, 1.54) is 12.1 Å². The molecule has 0 unspecified atom stereocenters. The van der Waals surface area contributed by atoms with E-state index in [0.29, 0.717) is 11.5 Å². The van der Waals surface area contributed by atoms with Gasteiger partial charge < -0.3 is 5.32 Å². The number of amides is 1. The number of pyridine rings is 1. The third kappa shape index (κ3) is 3.41. The largest absolute Gasteiger partial charge is 0.348 e. The number of benzene rings is 1. The second-order valence-electron chi connectivity index (χ2n) is 6.18. The van der Waals surface area contributed by atoms with Crippen molar-refractivity contribution in [3.05, 3.63) is 71.6 Å². The molecule has 3 heterocycles. The molecule has 0 fully saturated rings. The van der Waals surface area contributed by atoms with E-state index in [0.717, 1.165) is 22.5 Å². The van der Waals surface area contributed by atoms with E-state index in [-0.39, 0.29) is 24.7 Å². The molecule has 4 aromatic rings. The summed E-state index contributed by atoms with van der Waals surface area (Å²) in [5, 5.41) is 18.2. The van der Waals surface area contributed by atoms with Crippen LogP contribution < -0.4 is 5.32 Å². The number of nitrogens with one attached hydrogen (secondary N) is 2. The van der Waals surface area contributed by atoms with E-state index < -0.39 is 0 Å². The molecule has 0 saturated carbocycles. The molecule has 0 bridgehead atoms. The van der Waals surface area contributed by atoms with E-state index in [9.17, 15) is 9.18 Å². The Balaban J connectivity index is 1.48. The van der Waals surface area contributed by atoms with E-state index in [1.807, 2.05) is 35.7 Å².